The van der Waals surface area contributed by atoms with Crippen LogP contribution in [0.5, 0.6) is 0 Å². The number of H-pyrrole nitrogens is 1. The van der Waals surface area contributed by atoms with Crippen LogP contribution in [0.1, 0.15) is 11.6 Å². The van der Waals surface area contributed by atoms with E-state index >= 15 is 0 Å². The van der Waals surface area contributed by atoms with Crippen LogP contribution in [-0.4, -0.2) is 61.6 Å². The van der Waals surface area contributed by atoms with Crippen LogP contribution < -0.4 is 5.32 Å². The van der Waals surface area contributed by atoms with Crippen LogP contribution in [0.4, 0.5) is 0 Å². The molecule has 2 atom stereocenters. The van der Waals surface area contributed by atoms with E-state index in [4.69, 9.17) is 0 Å². The molecule has 16 heavy (non-hydrogen) atoms. The Morgan fingerprint density at radius 1 is 1.50 bits per heavy atom. The molecule has 2 N–H and O–H groups in total. The van der Waals surface area contributed by atoms with Gasteiger partial charge in [0.2, 0.25) is 0 Å². The molecule has 1 aromatic heterocycles. The Morgan fingerprint density at radius 3 is 2.88 bits per heavy atom. The van der Waals surface area contributed by atoms with Crippen molar-refractivity contribution in [1.29, 1.82) is 0 Å². The highest BCUT2D eigenvalue weighted by molar-refractivity contribution is 5.17. The minimum atomic E-state index is 0.439. The number of hydrogen-bond acceptors (Lipinski definition) is 3. The zero-order chi connectivity index (χ0) is 11.5. The highest BCUT2D eigenvalue weighted by atomic mass is 15.2. The Labute approximate surface area is 97.6 Å². The molecule has 90 valence electrons. The lowest BCUT2D eigenvalue weighted by atomic mass is 9.99. The smallest absolute Gasteiger partial charge is 0.0523 e. The van der Waals surface area contributed by atoms with E-state index in [0.717, 1.165) is 19.6 Å². The Hall–Kier alpha value is -0.840. The summed E-state index contributed by atoms with van der Waals surface area (Å²) in [6.45, 7) is 3.33. The van der Waals surface area contributed by atoms with Crippen LogP contribution >= 0.6 is 0 Å². The quantitative estimate of drug-likeness (QED) is 0.782. The summed E-state index contributed by atoms with van der Waals surface area (Å²) < 4.78 is 0. The second-order valence-corrected chi connectivity index (χ2v) is 4.88. The summed E-state index contributed by atoms with van der Waals surface area (Å²) in [7, 11) is 6.49. The first-order chi connectivity index (χ1) is 7.68. The van der Waals surface area contributed by atoms with Gasteiger partial charge in [-0.1, -0.05) is 0 Å². The van der Waals surface area contributed by atoms with Crippen LogP contribution in [0.25, 0.3) is 0 Å². The highest BCUT2D eigenvalue weighted by Gasteiger charge is 2.28. The van der Waals surface area contributed by atoms with Crippen molar-refractivity contribution in [3.63, 3.8) is 0 Å². The highest BCUT2D eigenvalue weighted by Crippen LogP contribution is 2.23. The minimum absolute atomic E-state index is 0.439. The number of aromatic nitrogens is 1. The molecule has 4 nitrogen and oxygen atoms in total. The average molecular weight is 222 g/mol. The minimum Gasteiger partial charge on any atom is -0.367 e. The fourth-order valence-corrected chi connectivity index (χ4v) is 2.55. The summed E-state index contributed by atoms with van der Waals surface area (Å²) in [4.78, 5) is 7.83. The topological polar surface area (TPSA) is 34.3 Å². The predicted octanol–water partition coefficient (Wildman–Crippen LogP) is 0.521. The molecule has 0 saturated carbocycles. The monoisotopic (exact) mass is 222 g/mol. The molecule has 0 radical (unpaired) electrons. The number of nitrogens with one attached hydrogen (secondary N) is 2. The second kappa shape index (κ2) is 4.99. The van der Waals surface area contributed by atoms with Crippen LogP contribution in [0, 0.1) is 0 Å². The molecule has 2 rings (SSSR count). The molecule has 1 aromatic rings. The lowest BCUT2D eigenvalue weighted by Crippen LogP contribution is -2.54. The molecule has 4 heteroatoms. The van der Waals surface area contributed by atoms with E-state index in [0.29, 0.717) is 12.1 Å². The maximum absolute atomic E-state index is 3.62. The number of likely N-dealkylation sites (N-methyl/N-ethyl adjacent to an activating group) is 2. The van der Waals surface area contributed by atoms with Gasteiger partial charge >= 0.3 is 0 Å². The van der Waals surface area contributed by atoms with Crippen molar-refractivity contribution in [3.8, 4) is 0 Å². The van der Waals surface area contributed by atoms with Gasteiger partial charge in [-0.25, -0.2) is 0 Å². The van der Waals surface area contributed by atoms with E-state index in [1.807, 2.05) is 6.20 Å². The van der Waals surface area contributed by atoms with Gasteiger partial charge < -0.3 is 20.1 Å². The Morgan fingerprint density at radius 2 is 2.31 bits per heavy atom. The first-order valence-corrected chi connectivity index (χ1v) is 5.89. The first-order valence-electron chi connectivity index (χ1n) is 5.89. The van der Waals surface area contributed by atoms with Crippen molar-refractivity contribution < 1.29 is 0 Å². The molecule has 1 aliphatic heterocycles. The maximum Gasteiger partial charge on any atom is 0.0523 e. The molecule has 0 spiro atoms. The van der Waals surface area contributed by atoms with Crippen molar-refractivity contribution in [2.24, 2.45) is 0 Å². The third kappa shape index (κ3) is 2.45. The summed E-state index contributed by atoms with van der Waals surface area (Å²) in [5, 5.41) is 3.62. The predicted molar refractivity (Wildman–Crippen MR) is 66.5 cm³/mol. The molecule has 1 fully saturated rings. The summed E-state index contributed by atoms with van der Waals surface area (Å²) in [6, 6.07) is 3.11. The molecule has 2 heterocycles. The van der Waals surface area contributed by atoms with Crippen molar-refractivity contribution in [2.45, 2.75) is 12.1 Å². The average Bonchev–Trinajstić information content (AvgIpc) is 2.71. The molecule has 0 aromatic carbocycles. The number of rotatable bonds is 3. The molecular weight excluding hydrogens is 200 g/mol. The van der Waals surface area contributed by atoms with E-state index in [-0.39, 0.29) is 0 Å². The normalized spacial score (nSPS) is 24.9. The third-order valence-electron chi connectivity index (χ3n) is 3.31. The molecule has 1 saturated heterocycles. The van der Waals surface area contributed by atoms with Crippen molar-refractivity contribution >= 4 is 0 Å². The molecule has 2 unspecified atom stereocenters. The Balaban J connectivity index is 2.13. The summed E-state index contributed by atoms with van der Waals surface area (Å²) in [6.07, 6.45) is 4.10. The fourth-order valence-electron chi connectivity index (χ4n) is 2.55. The molecule has 0 bridgehead atoms. The van der Waals surface area contributed by atoms with Gasteiger partial charge in [-0.05, 0) is 32.8 Å². The van der Waals surface area contributed by atoms with Gasteiger partial charge in [0.25, 0.3) is 0 Å². The standard InChI is InChI=1S/C12H22N4/c1-15(2)12(10-4-5-13-8-10)11-9-16(3)7-6-14-11/h4-5,8,11-14H,6-7,9H2,1-3H3. The van der Waals surface area contributed by atoms with Crippen LogP contribution in [0.15, 0.2) is 18.5 Å². The van der Waals surface area contributed by atoms with Gasteiger partial charge in [0.05, 0.1) is 6.04 Å². The SMILES string of the molecule is CN1CCNC(C(c2cc[nH]c2)N(C)C)C1. The zero-order valence-electron chi connectivity index (χ0n) is 10.4. The van der Waals surface area contributed by atoms with Crippen molar-refractivity contribution in [2.75, 3.05) is 40.8 Å². The van der Waals surface area contributed by atoms with Crippen LogP contribution in [0.3, 0.4) is 0 Å². The lowest BCUT2D eigenvalue weighted by molar-refractivity contribution is 0.154. The van der Waals surface area contributed by atoms with Crippen molar-refractivity contribution in [1.82, 2.24) is 20.1 Å². The van der Waals surface area contributed by atoms with E-state index in [1.165, 1.54) is 5.56 Å². The number of nitrogens with zero attached hydrogens (tertiary/aromatic N) is 2. The second-order valence-electron chi connectivity index (χ2n) is 4.88. The zero-order valence-corrected chi connectivity index (χ0v) is 10.4. The van der Waals surface area contributed by atoms with Crippen molar-refractivity contribution in [3.05, 3.63) is 24.0 Å². The van der Waals surface area contributed by atoms with Gasteiger partial charge in [-0.3, -0.25) is 0 Å². The summed E-state index contributed by atoms with van der Waals surface area (Å²) in [5.41, 5.74) is 1.36. The Kier molecular flexibility index (Phi) is 3.63. The van der Waals surface area contributed by atoms with Gasteiger partial charge in [0.1, 0.15) is 0 Å². The maximum atomic E-state index is 3.62. The largest absolute Gasteiger partial charge is 0.367 e. The summed E-state index contributed by atoms with van der Waals surface area (Å²) >= 11 is 0. The first kappa shape index (κ1) is 11.6. The molecular formula is C12H22N4. The van der Waals surface area contributed by atoms with Crippen LogP contribution in [-0.2, 0) is 0 Å². The van der Waals surface area contributed by atoms with E-state index in [1.54, 1.807) is 0 Å². The lowest BCUT2D eigenvalue weighted by Gasteiger charge is -2.38. The van der Waals surface area contributed by atoms with E-state index in [9.17, 15) is 0 Å². The van der Waals surface area contributed by atoms with E-state index < -0.39 is 0 Å². The molecule has 0 aliphatic carbocycles. The number of piperazine rings is 1. The van der Waals surface area contributed by atoms with Gasteiger partial charge in [0, 0.05) is 38.1 Å². The fraction of sp³-hybridized carbons (Fsp3) is 0.667. The van der Waals surface area contributed by atoms with E-state index in [2.05, 4.69) is 53.5 Å². The van der Waals surface area contributed by atoms with Gasteiger partial charge in [-0.2, -0.15) is 0 Å². The molecule has 1 aliphatic rings. The molecule has 0 amide bonds. The third-order valence-corrected chi connectivity index (χ3v) is 3.31. The van der Waals surface area contributed by atoms with Crippen LogP contribution in [0.2, 0.25) is 0 Å². The Bertz CT molecular complexity index is 307. The number of aromatic amines is 1. The summed E-state index contributed by atoms with van der Waals surface area (Å²) in [5.74, 6) is 0. The van der Waals surface area contributed by atoms with Gasteiger partial charge in [0.15, 0.2) is 0 Å². The number of hydrogen-bond donors (Lipinski definition) is 2. The van der Waals surface area contributed by atoms with Gasteiger partial charge in [-0.15, -0.1) is 0 Å².